The number of carbonyl (C=O) groups excluding carboxylic acids is 1. The van der Waals surface area contributed by atoms with Gasteiger partial charge in [0.05, 0.1) is 17.1 Å². The predicted octanol–water partition coefficient (Wildman–Crippen LogP) is 3.38. The molecule has 0 bridgehead atoms. The van der Waals surface area contributed by atoms with E-state index < -0.39 is 12.1 Å². The third kappa shape index (κ3) is 2.51. The molecule has 1 N–H and O–H groups in total. The van der Waals surface area contributed by atoms with Crippen molar-refractivity contribution in [3.05, 3.63) is 34.5 Å². The molecule has 1 aliphatic rings. The summed E-state index contributed by atoms with van der Waals surface area (Å²) in [6.07, 6.45) is 0.0177. The molecule has 1 atom stereocenters. The number of carboxylic acids is 1. The Labute approximate surface area is 159 Å². The van der Waals surface area contributed by atoms with E-state index in [0.717, 1.165) is 16.1 Å². The zero-order chi connectivity index (χ0) is 19.5. The van der Waals surface area contributed by atoms with E-state index in [9.17, 15) is 14.7 Å². The van der Waals surface area contributed by atoms with Gasteiger partial charge >= 0.3 is 5.97 Å². The van der Waals surface area contributed by atoms with E-state index in [-0.39, 0.29) is 11.6 Å². The average molecular weight is 385 g/mol. The van der Waals surface area contributed by atoms with Crippen LogP contribution >= 0.6 is 11.3 Å². The van der Waals surface area contributed by atoms with Gasteiger partial charge in [-0.3, -0.25) is 9.20 Å². The van der Waals surface area contributed by atoms with Gasteiger partial charge < -0.3 is 14.7 Å². The van der Waals surface area contributed by atoms with Crippen LogP contribution in [0.4, 0.5) is 5.69 Å². The van der Waals surface area contributed by atoms with E-state index in [2.05, 4.69) is 4.98 Å². The van der Waals surface area contributed by atoms with Crippen molar-refractivity contribution >= 4 is 33.9 Å². The number of hydrogen-bond acceptors (Lipinski definition) is 5. The zero-order valence-electron chi connectivity index (χ0n) is 15.4. The van der Waals surface area contributed by atoms with Gasteiger partial charge in [-0.15, -0.1) is 11.3 Å². The Balaban J connectivity index is 1.96. The molecule has 8 heteroatoms. The van der Waals surface area contributed by atoms with Crippen LogP contribution in [-0.2, 0) is 11.2 Å². The lowest BCUT2D eigenvalue weighted by Crippen LogP contribution is -2.41. The van der Waals surface area contributed by atoms with E-state index in [4.69, 9.17) is 4.74 Å². The number of benzene rings is 1. The maximum Gasteiger partial charge on any atom is 0.354 e. The Morgan fingerprint density at radius 2 is 2.15 bits per heavy atom. The summed E-state index contributed by atoms with van der Waals surface area (Å²) in [7, 11) is 1.72. The Morgan fingerprint density at radius 3 is 2.81 bits per heavy atom. The van der Waals surface area contributed by atoms with Crippen molar-refractivity contribution in [2.24, 2.45) is 0 Å². The van der Waals surface area contributed by atoms with Crippen molar-refractivity contribution in [1.82, 2.24) is 9.38 Å². The van der Waals surface area contributed by atoms with Crippen LogP contribution in [0.2, 0.25) is 0 Å². The average Bonchev–Trinajstić information content (AvgIpc) is 3.13. The minimum Gasteiger partial charge on any atom is -0.479 e. The number of likely N-dealkylation sites (N-methyl/N-ethyl adjacent to an activating group) is 1. The number of amides is 1. The van der Waals surface area contributed by atoms with Crippen LogP contribution in [0.15, 0.2) is 18.2 Å². The highest BCUT2D eigenvalue weighted by Gasteiger charge is 2.30. The molecule has 0 saturated heterocycles. The molecule has 1 amide bonds. The molecular formula is C19H19N3O4S. The lowest BCUT2D eigenvalue weighted by Gasteiger charge is -2.30. The fraction of sp³-hybridized carbons (Fsp3) is 0.316. The topological polar surface area (TPSA) is 84.1 Å². The minimum atomic E-state index is -0.999. The lowest BCUT2D eigenvalue weighted by atomic mass is 10.1. The molecule has 0 spiro atoms. The third-order valence-electron chi connectivity index (χ3n) is 4.83. The van der Waals surface area contributed by atoms with Gasteiger partial charge in [0, 0.05) is 17.5 Å². The summed E-state index contributed by atoms with van der Waals surface area (Å²) in [5.41, 5.74) is 3.03. The summed E-state index contributed by atoms with van der Waals surface area (Å²) in [4.78, 5) is 31.8. The van der Waals surface area contributed by atoms with Crippen LogP contribution < -0.4 is 9.64 Å². The molecule has 1 unspecified atom stereocenters. The number of anilines is 1. The number of rotatable bonds is 3. The van der Waals surface area contributed by atoms with Crippen molar-refractivity contribution < 1.29 is 19.4 Å². The molecule has 1 aromatic carbocycles. The second kappa shape index (κ2) is 6.09. The smallest absolute Gasteiger partial charge is 0.354 e. The van der Waals surface area contributed by atoms with Crippen LogP contribution in [0.25, 0.3) is 16.2 Å². The van der Waals surface area contributed by atoms with E-state index in [0.29, 0.717) is 28.5 Å². The first-order valence-corrected chi connectivity index (χ1v) is 9.47. The molecule has 3 heterocycles. The Hall–Kier alpha value is -2.87. The number of thiazole rings is 1. The van der Waals surface area contributed by atoms with Crippen LogP contribution in [0.5, 0.6) is 5.75 Å². The molecular weight excluding hydrogens is 366 g/mol. The highest BCUT2D eigenvalue weighted by molar-refractivity contribution is 7.17. The lowest BCUT2D eigenvalue weighted by molar-refractivity contribution is -0.125. The number of aromatic carboxylic acids is 1. The first-order valence-electron chi connectivity index (χ1n) is 8.66. The number of aryl methyl sites for hydroxylation is 2. The molecule has 4 rings (SSSR count). The van der Waals surface area contributed by atoms with Gasteiger partial charge in [0.2, 0.25) is 0 Å². The molecule has 0 fully saturated rings. The summed E-state index contributed by atoms with van der Waals surface area (Å²) < 4.78 is 7.39. The Morgan fingerprint density at radius 1 is 1.41 bits per heavy atom. The molecule has 1 aliphatic heterocycles. The first-order chi connectivity index (χ1) is 12.8. The molecule has 27 heavy (non-hydrogen) atoms. The summed E-state index contributed by atoms with van der Waals surface area (Å²) >= 11 is 1.46. The summed E-state index contributed by atoms with van der Waals surface area (Å²) in [6.45, 7) is 5.56. The molecule has 7 nitrogen and oxygen atoms in total. The van der Waals surface area contributed by atoms with Gasteiger partial charge in [0.15, 0.2) is 16.8 Å². The Kier molecular flexibility index (Phi) is 3.96. The van der Waals surface area contributed by atoms with E-state index in [1.165, 1.54) is 11.3 Å². The number of carboxylic acid groups (broad SMARTS) is 1. The number of aromatic nitrogens is 2. The van der Waals surface area contributed by atoms with Crippen LogP contribution in [0.1, 0.15) is 34.9 Å². The van der Waals surface area contributed by atoms with Gasteiger partial charge in [0.1, 0.15) is 5.75 Å². The number of nitrogens with zero attached hydrogens (tertiary/aromatic N) is 3. The van der Waals surface area contributed by atoms with Crippen LogP contribution in [0.3, 0.4) is 0 Å². The minimum absolute atomic E-state index is 0.117. The highest BCUT2D eigenvalue weighted by atomic mass is 32.1. The van der Waals surface area contributed by atoms with Gasteiger partial charge in [-0.2, -0.15) is 0 Å². The summed E-state index contributed by atoms with van der Waals surface area (Å²) in [6, 6.07) is 5.58. The molecule has 0 radical (unpaired) electrons. The van der Waals surface area contributed by atoms with Crippen molar-refractivity contribution in [3.8, 4) is 17.0 Å². The predicted molar refractivity (Wildman–Crippen MR) is 103 cm³/mol. The third-order valence-corrected chi connectivity index (χ3v) is 5.79. The maximum absolute atomic E-state index is 12.3. The van der Waals surface area contributed by atoms with Gasteiger partial charge in [-0.05, 0) is 38.5 Å². The van der Waals surface area contributed by atoms with Crippen molar-refractivity contribution in [3.63, 3.8) is 0 Å². The largest absolute Gasteiger partial charge is 0.479 e. The van der Waals surface area contributed by atoms with Gasteiger partial charge in [-0.1, -0.05) is 6.92 Å². The van der Waals surface area contributed by atoms with Crippen molar-refractivity contribution in [2.45, 2.75) is 33.3 Å². The standard InChI is InChI=1S/C19H19N3O4S/c1-5-12-16(18(24)25)22-15(10(3)27-19(22)20-12)11-6-7-14-13(8-11)21(4)17(23)9(2)26-14/h6-9H,5H2,1-4H3,(H,24,25). The number of carbonyl (C=O) groups is 2. The summed E-state index contributed by atoms with van der Waals surface area (Å²) in [5.74, 6) is -0.481. The molecule has 2 aromatic heterocycles. The van der Waals surface area contributed by atoms with Crippen LogP contribution in [-0.4, -0.2) is 39.5 Å². The number of ether oxygens (including phenoxy) is 1. The monoisotopic (exact) mass is 385 g/mol. The SMILES string of the molecule is CCc1nc2sc(C)c(-c3ccc4c(c3)N(C)C(=O)C(C)O4)n2c1C(=O)O. The maximum atomic E-state index is 12.3. The van der Waals surface area contributed by atoms with Gasteiger partial charge in [-0.25, -0.2) is 9.78 Å². The molecule has 140 valence electrons. The van der Waals surface area contributed by atoms with E-state index >= 15 is 0 Å². The number of imidazole rings is 1. The van der Waals surface area contributed by atoms with Crippen molar-refractivity contribution in [2.75, 3.05) is 11.9 Å². The first kappa shape index (κ1) is 17.5. The molecule has 0 aliphatic carbocycles. The second-order valence-corrected chi connectivity index (χ2v) is 7.71. The van der Waals surface area contributed by atoms with Crippen LogP contribution in [0, 0.1) is 6.92 Å². The number of fused-ring (bicyclic) bond motifs is 2. The van der Waals surface area contributed by atoms with E-state index in [1.54, 1.807) is 23.3 Å². The fourth-order valence-corrected chi connectivity index (χ4v) is 4.53. The quantitative estimate of drug-likeness (QED) is 0.747. The summed E-state index contributed by atoms with van der Waals surface area (Å²) in [5, 5.41) is 9.73. The normalized spacial score (nSPS) is 16.5. The fourth-order valence-electron chi connectivity index (χ4n) is 3.52. The molecule has 3 aromatic rings. The Bertz CT molecular complexity index is 1100. The second-order valence-electron chi connectivity index (χ2n) is 6.53. The van der Waals surface area contributed by atoms with Crippen molar-refractivity contribution in [1.29, 1.82) is 0 Å². The van der Waals surface area contributed by atoms with Gasteiger partial charge in [0.25, 0.3) is 5.91 Å². The molecule has 0 saturated carbocycles. The zero-order valence-corrected chi connectivity index (χ0v) is 16.3. The van der Waals surface area contributed by atoms with E-state index in [1.807, 2.05) is 32.0 Å². The number of hydrogen-bond donors (Lipinski definition) is 1. The highest BCUT2D eigenvalue weighted by Crippen LogP contribution is 2.40.